The number of fused-ring (bicyclic) bond motifs is 1. The zero-order valence-electron chi connectivity index (χ0n) is 17.9. The first-order valence-electron chi connectivity index (χ1n) is 9.95. The molecule has 0 bridgehead atoms. The van der Waals surface area contributed by atoms with Crippen LogP contribution in [0.15, 0.2) is 23.4 Å². The number of imidazole rings is 1. The molecule has 1 aromatic carbocycles. The average molecular weight is 495 g/mol. The van der Waals surface area contributed by atoms with E-state index >= 15 is 0 Å². The second-order valence-corrected chi connectivity index (χ2v) is 9.26. The highest BCUT2D eigenvalue weighted by molar-refractivity contribution is 7.99. The van der Waals surface area contributed by atoms with E-state index in [4.69, 9.17) is 22.1 Å². The third kappa shape index (κ3) is 5.08. The number of aromatic nitrogens is 2. The van der Waals surface area contributed by atoms with Crippen molar-refractivity contribution in [2.24, 2.45) is 5.73 Å². The van der Waals surface area contributed by atoms with Crippen molar-refractivity contribution < 1.29 is 19.1 Å². The number of hydrogen-bond donors (Lipinski definition) is 2. The Morgan fingerprint density at radius 3 is 2.72 bits per heavy atom. The smallest absolute Gasteiger partial charge is 0.341 e. The molecule has 170 valence electrons. The van der Waals surface area contributed by atoms with E-state index < -0.39 is 11.9 Å². The van der Waals surface area contributed by atoms with E-state index in [9.17, 15) is 14.4 Å². The number of thioether (sulfide) groups is 1. The second kappa shape index (κ2) is 10.4. The Morgan fingerprint density at radius 1 is 1.31 bits per heavy atom. The summed E-state index contributed by atoms with van der Waals surface area (Å²) in [6.07, 6.45) is 0.904. The lowest BCUT2D eigenvalue weighted by atomic mass is 10.1. The van der Waals surface area contributed by atoms with Crippen molar-refractivity contribution in [2.75, 3.05) is 17.7 Å². The SMILES string of the molecule is CCCn1c(SCC(=O)Nc2sc(C(N)=O)c(C)c2C(=O)OCC)nc2cc(Cl)ccc21. The summed E-state index contributed by atoms with van der Waals surface area (Å²) in [7, 11) is 0. The average Bonchev–Trinajstić information content (AvgIpc) is 3.23. The number of carbonyl (C=O) groups is 3. The fraction of sp³-hybridized carbons (Fsp3) is 0.333. The zero-order valence-corrected chi connectivity index (χ0v) is 20.2. The molecule has 0 spiro atoms. The van der Waals surface area contributed by atoms with Gasteiger partial charge < -0.3 is 20.4 Å². The van der Waals surface area contributed by atoms with Gasteiger partial charge in [0.05, 0.1) is 33.8 Å². The van der Waals surface area contributed by atoms with Crippen molar-refractivity contribution in [3.8, 4) is 0 Å². The van der Waals surface area contributed by atoms with Gasteiger partial charge >= 0.3 is 5.97 Å². The molecule has 8 nitrogen and oxygen atoms in total. The maximum absolute atomic E-state index is 12.7. The number of benzene rings is 1. The van der Waals surface area contributed by atoms with Crippen molar-refractivity contribution in [1.29, 1.82) is 0 Å². The fourth-order valence-corrected chi connectivity index (χ4v) is 5.28. The topological polar surface area (TPSA) is 116 Å². The summed E-state index contributed by atoms with van der Waals surface area (Å²) in [5.74, 6) is -1.56. The Balaban J connectivity index is 1.81. The van der Waals surface area contributed by atoms with Gasteiger partial charge in [0.25, 0.3) is 5.91 Å². The summed E-state index contributed by atoms with van der Waals surface area (Å²) in [6, 6.07) is 5.51. The normalized spacial score (nSPS) is 11.0. The lowest BCUT2D eigenvalue weighted by Crippen LogP contribution is -2.17. The molecule has 0 saturated carbocycles. The Labute approximate surface area is 198 Å². The summed E-state index contributed by atoms with van der Waals surface area (Å²) < 4.78 is 7.12. The molecule has 0 aliphatic rings. The van der Waals surface area contributed by atoms with Crippen LogP contribution in [-0.4, -0.2) is 39.7 Å². The van der Waals surface area contributed by atoms with E-state index in [2.05, 4.69) is 17.2 Å². The van der Waals surface area contributed by atoms with Gasteiger partial charge in [-0.05, 0) is 44.0 Å². The van der Waals surface area contributed by atoms with Gasteiger partial charge in [0, 0.05) is 11.6 Å². The molecule has 0 atom stereocenters. The molecule has 3 rings (SSSR count). The number of esters is 1. The van der Waals surface area contributed by atoms with Gasteiger partial charge in [0.15, 0.2) is 5.16 Å². The van der Waals surface area contributed by atoms with Gasteiger partial charge in [0.2, 0.25) is 5.91 Å². The molecule has 0 radical (unpaired) electrons. The zero-order chi connectivity index (χ0) is 23.4. The van der Waals surface area contributed by atoms with Gasteiger partial charge in [-0.1, -0.05) is 30.3 Å². The minimum absolute atomic E-state index is 0.0614. The van der Waals surface area contributed by atoms with Crippen LogP contribution in [-0.2, 0) is 16.1 Å². The summed E-state index contributed by atoms with van der Waals surface area (Å²) >= 11 is 8.33. The fourth-order valence-electron chi connectivity index (χ4n) is 3.21. The van der Waals surface area contributed by atoms with Gasteiger partial charge in [-0.2, -0.15) is 0 Å². The number of thiophene rings is 1. The standard InChI is InChI=1S/C21H23ClN4O4S2/c1-4-8-26-14-7-6-12(22)9-13(14)24-21(26)31-10-15(27)25-19-16(20(29)30-5-2)11(3)17(32-19)18(23)28/h6-7,9H,4-5,8,10H2,1-3H3,(H2,23,28)(H,25,27). The van der Waals surface area contributed by atoms with Crippen LogP contribution in [0, 0.1) is 6.92 Å². The molecule has 3 N–H and O–H groups in total. The largest absolute Gasteiger partial charge is 0.462 e. The van der Waals surface area contributed by atoms with Gasteiger partial charge in [-0.25, -0.2) is 9.78 Å². The minimum Gasteiger partial charge on any atom is -0.462 e. The third-order valence-corrected chi connectivity index (χ3v) is 6.99. The Morgan fingerprint density at radius 2 is 2.06 bits per heavy atom. The monoisotopic (exact) mass is 494 g/mol. The van der Waals surface area contributed by atoms with Crippen molar-refractivity contribution in [1.82, 2.24) is 9.55 Å². The van der Waals surface area contributed by atoms with Gasteiger partial charge in [0.1, 0.15) is 5.00 Å². The first kappa shape index (κ1) is 24.1. The Bertz CT molecular complexity index is 1190. The van der Waals surface area contributed by atoms with Crippen molar-refractivity contribution >= 4 is 68.5 Å². The van der Waals surface area contributed by atoms with Crippen molar-refractivity contribution in [2.45, 2.75) is 38.9 Å². The van der Waals surface area contributed by atoms with Crippen LogP contribution in [0.2, 0.25) is 5.02 Å². The van der Waals surface area contributed by atoms with Crippen LogP contribution in [0.5, 0.6) is 0 Å². The highest BCUT2D eigenvalue weighted by Gasteiger charge is 2.26. The molecule has 0 saturated heterocycles. The van der Waals surface area contributed by atoms with Crippen LogP contribution in [0.4, 0.5) is 5.00 Å². The summed E-state index contributed by atoms with van der Waals surface area (Å²) in [5, 5.41) is 4.26. The number of carbonyl (C=O) groups excluding carboxylic acids is 3. The number of nitrogens with two attached hydrogens (primary N) is 1. The third-order valence-electron chi connectivity index (χ3n) is 4.56. The summed E-state index contributed by atoms with van der Waals surface area (Å²) in [5.41, 5.74) is 7.67. The number of rotatable bonds is 9. The number of amides is 2. The Hall–Kier alpha value is -2.56. The highest BCUT2D eigenvalue weighted by atomic mass is 35.5. The number of aryl methyl sites for hydroxylation is 1. The maximum atomic E-state index is 12.7. The number of hydrogen-bond acceptors (Lipinski definition) is 7. The van der Waals surface area contributed by atoms with Gasteiger partial charge in [-0.15, -0.1) is 11.3 Å². The van der Waals surface area contributed by atoms with E-state index in [1.807, 2.05) is 16.7 Å². The van der Waals surface area contributed by atoms with Crippen LogP contribution >= 0.6 is 34.7 Å². The van der Waals surface area contributed by atoms with Crippen molar-refractivity contribution in [3.63, 3.8) is 0 Å². The number of halogens is 1. The first-order chi connectivity index (χ1) is 15.3. The molecule has 0 fully saturated rings. The quantitative estimate of drug-likeness (QED) is 0.334. The number of primary amides is 1. The molecule has 0 unspecified atom stereocenters. The van der Waals surface area contributed by atoms with Crippen LogP contribution < -0.4 is 11.1 Å². The number of ether oxygens (including phenoxy) is 1. The second-order valence-electron chi connectivity index (χ2n) is 6.86. The van der Waals surface area contributed by atoms with E-state index in [0.29, 0.717) is 15.7 Å². The number of anilines is 1. The highest BCUT2D eigenvalue weighted by Crippen LogP contribution is 2.34. The molecule has 32 heavy (non-hydrogen) atoms. The molecular weight excluding hydrogens is 472 g/mol. The van der Waals surface area contributed by atoms with E-state index in [0.717, 1.165) is 35.3 Å². The molecule has 2 aromatic heterocycles. The lowest BCUT2D eigenvalue weighted by molar-refractivity contribution is -0.113. The molecular formula is C21H23ClN4O4S2. The Kier molecular flexibility index (Phi) is 7.81. The van der Waals surface area contributed by atoms with Gasteiger partial charge in [-0.3, -0.25) is 9.59 Å². The summed E-state index contributed by atoms with van der Waals surface area (Å²) in [4.78, 5) is 41.6. The lowest BCUT2D eigenvalue weighted by Gasteiger charge is -2.08. The molecule has 2 heterocycles. The van der Waals surface area contributed by atoms with Crippen LogP contribution in [0.25, 0.3) is 11.0 Å². The predicted molar refractivity (Wildman–Crippen MR) is 128 cm³/mol. The summed E-state index contributed by atoms with van der Waals surface area (Å²) in [6.45, 7) is 6.27. The number of nitrogens with zero attached hydrogens (tertiary/aromatic N) is 2. The minimum atomic E-state index is -0.667. The number of nitrogens with one attached hydrogen (secondary N) is 1. The van der Waals surface area contributed by atoms with Crippen molar-refractivity contribution in [3.05, 3.63) is 39.2 Å². The molecule has 0 aliphatic heterocycles. The van der Waals surface area contributed by atoms with Crippen LogP contribution in [0.3, 0.4) is 0 Å². The first-order valence-corrected chi connectivity index (χ1v) is 12.1. The molecule has 0 aliphatic carbocycles. The maximum Gasteiger partial charge on any atom is 0.341 e. The molecule has 2 amide bonds. The van der Waals surface area contributed by atoms with Crippen LogP contribution in [0.1, 0.15) is 45.9 Å². The predicted octanol–water partition coefficient (Wildman–Crippen LogP) is 4.48. The molecule has 3 aromatic rings. The van der Waals surface area contributed by atoms with E-state index in [1.165, 1.54) is 11.8 Å². The van der Waals surface area contributed by atoms with E-state index in [1.54, 1.807) is 19.9 Å². The molecule has 11 heteroatoms. The van der Waals surface area contributed by atoms with E-state index in [-0.39, 0.29) is 33.7 Å².